The van der Waals surface area contributed by atoms with E-state index in [1.165, 1.54) is 18.2 Å². The van der Waals surface area contributed by atoms with Crippen LogP contribution in [-0.2, 0) is 0 Å². The molecule has 2 aliphatic heterocycles. The highest BCUT2D eigenvalue weighted by atomic mass is 19.2. The maximum Gasteiger partial charge on any atom is 0.159 e. The van der Waals surface area contributed by atoms with Crippen molar-refractivity contribution in [2.24, 2.45) is 4.99 Å². The molecule has 0 radical (unpaired) electrons. The van der Waals surface area contributed by atoms with Crippen molar-refractivity contribution in [2.75, 3.05) is 0 Å². The van der Waals surface area contributed by atoms with Crippen LogP contribution in [-0.4, -0.2) is 17.8 Å². The molecule has 6 heteroatoms. The SMILES string of the molecule is C.C[C@H]1CCC(c2ccc(F)c(F)c2)=N1.C[C@H]1CC[C@@H](c2ccc(F)c(F)c2)N1.[2H]CC. The van der Waals surface area contributed by atoms with Crippen LogP contribution in [0.15, 0.2) is 41.4 Å². The molecule has 0 bridgehead atoms. The molecule has 0 unspecified atom stereocenters. The highest BCUT2D eigenvalue weighted by molar-refractivity contribution is 6.01. The second-order valence-corrected chi connectivity index (χ2v) is 7.46. The van der Waals surface area contributed by atoms with Crippen LogP contribution in [0.4, 0.5) is 17.6 Å². The topological polar surface area (TPSA) is 24.4 Å². The first-order valence-corrected chi connectivity index (χ1v) is 10.3. The van der Waals surface area contributed by atoms with E-state index in [9.17, 15) is 17.6 Å². The third-order valence-electron chi connectivity index (χ3n) is 5.15. The minimum Gasteiger partial charge on any atom is -0.307 e. The van der Waals surface area contributed by atoms with E-state index in [1.54, 1.807) is 19.1 Å². The van der Waals surface area contributed by atoms with Crippen molar-refractivity contribution in [1.82, 2.24) is 5.32 Å². The van der Waals surface area contributed by atoms with Crippen LogP contribution >= 0.6 is 0 Å². The Morgan fingerprint density at radius 2 is 1.52 bits per heavy atom. The Balaban J connectivity index is 0.000000278. The Bertz CT molecular complexity index is 888. The number of benzene rings is 2. The molecule has 0 saturated carbocycles. The van der Waals surface area contributed by atoms with Crippen molar-refractivity contribution in [2.45, 2.75) is 78.9 Å². The van der Waals surface area contributed by atoms with Gasteiger partial charge in [-0.05, 0) is 74.9 Å². The molecule has 0 aliphatic carbocycles. The maximum absolute atomic E-state index is 12.9. The number of hydrogen-bond donors (Lipinski definition) is 1. The van der Waals surface area contributed by atoms with Gasteiger partial charge in [-0.25, -0.2) is 17.6 Å². The molecule has 2 heterocycles. The second-order valence-electron chi connectivity index (χ2n) is 7.46. The quantitative estimate of drug-likeness (QED) is 0.485. The molecule has 3 atom stereocenters. The van der Waals surface area contributed by atoms with Gasteiger partial charge in [0.1, 0.15) is 0 Å². The third-order valence-corrected chi connectivity index (χ3v) is 5.15. The molecule has 2 aromatic rings. The third kappa shape index (κ3) is 7.46. The first-order chi connectivity index (χ1) is 14.7. The Kier molecular flexibility index (Phi) is 10.2. The molecule has 0 amide bonds. The molecule has 1 N–H and O–H groups in total. The number of halogens is 4. The fourth-order valence-corrected chi connectivity index (χ4v) is 3.55. The lowest BCUT2D eigenvalue weighted by atomic mass is 10.1. The number of nitrogens with zero attached hydrogens (tertiary/aromatic N) is 1. The largest absolute Gasteiger partial charge is 0.307 e. The molecule has 2 nitrogen and oxygen atoms in total. The molecule has 4 rings (SSSR count). The normalized spacial score (nSPS) is 22.2. The summed E-state index contributed by atoms with van der Waals surface area (Å²) in [4.78, 5) is 4.36. The highest BCUT2D eigenvalue weighted by Crippen LogP contribution is 2.27. The zero-order valence-corrected chi connectivity index (χ0v) is 17.7. The predicted molar refractivity (Wildman–Crippen MR) is 121 cm³/mol. The van der Waals surface area contributed by atoms with Gasteiger partial charge >= 0.3 is 0 Å². The summed E-state index contributed by atoms with van der Waals surface area (Å²) in [6, 6.07) is 9.01. The van der Waals surface area contributed by atoms with Gasteiger partial charge in [0.2, 0.25) is 0 Å². The predicted octanol–water partition coefficient (Wildman–Crippen LogP) is 7.38. The molecule has 0 spiro atoms. The van der Waals surface area contributed by atoms with E-state index < -0.39 is 23.3 Å². The van der Waals surface area contributed by atoms with E-state index in [4.69, 9.17) is 1.37 Å². The molecule has 0 aromatic heterocycles. The molecule has 2 aliphatic rings. The molecule has 172 valence electrons. The number of nitrogens with one attached hydrogen (secondary N) is 1. The second kappa shape index (κ2) is 12.6. The van der Waals surface area contributed by atoms with Crippen molar-refractivity contribution in [1.29, 1.82) is 0 Å². The Hall–Kier alpha value is -2.21. The van der Waals surface area contributed by atoms with E-state index in [2.05, 4.69) is 17.2 Å². The summed E-state index contributed by atoms with van der Waals surface area (Å²) in [5, 5.41) is 3.33. The van der Waals surface area contributed by atoms with Crippen molar-refractivity contribution < 1.29 is 18.9 Å². The molecular weight excluding hydrogens is 404 g/mol. The van der Waals surface area contributed by atoms with Crippen LogP contribution < -0.4 is 5.32 Å². The van der Waals surface area contributed by atoms with Gasteiger partial charge < -0.3 is 5.32 Å². The minimum absolute atomic E-state index is 0. The maximum atomic E-state index is 12.9. The smallest absolute Gasteiger partial charge is 0.159 e. The zero-order chi connectivity index (χ0) is 23.0. The van der Waals surface area contributed by atoms with Crippen LogP contribution in [0.3, 0.4) is 0 Å². The molecule has 1 saturated heterocycles. The van der Waals surface area contributed by atoms with Crippen LogP contribution in [0.2, 0.25) is 0 Å². The summed E-state index contributed by atoms with van der Waals surface area (Å²) in [6.07, 6.45) is 3.93. The van der Waals surface area contributed by atoms with Gasteiger partial charge in [0.15, 0.2) is 23.3 Å². The average Bonchev–Trinajstić information content (AvgIpc) is 3.36. The lowest BCUT2D eigenvalue weighted by Crippen LogP contribution is -2.20. The number of rotatable bonds is 2. The van der Waals surface area contributed by atoms with Crippen LogP contribution in [0, 0.1) is 23.3 Å². The zero-order valence-electron chi connectivity index (χ0n) is 18.7. The summed E-state index contributed by atoms with van der Waals surface area (Å²) in [6.45, 7) is 6.41. The highest BCUT2D eigenvalue weighted by Gasteiger charge is 2.22. The fraction of sp³-hybridized carbons (Fsp3) is 0.480. The number of aliphatic imine (C=N–C) groups is 1. The molecule has 1 fully saturated rings. The Labute approximate surface area is 185 Å². The molecular formula is C25H34F4N2. The van der Waals surface area contributed by atoms with Gasteiger partial charge in [0.05, 0.1) is 0 Å². The summed E-state index contributed by atoms with van der Waals surface area (Å²) in [5.74, 6) is -3.14. The average molecular weight is 440 g/mol. The standard InChI is InChI=1S/C11H13F2N.C11H11F2N.C2H6.CH4/c2*1-7-2-5-11(14-7)8-3-4-9(12)10(13)6-8;1-2;/h3-4,6-7,11,14H,2,5H2,1H3;3-4,6-7H,2,5H2,1H3;1-2H3;1H4/t7-,11-;7-;;/m00../s1/i;;1D;. The summed E-state index contributed by atoms with van der Waals surface area (Å²) in [5.41, 5.74) is 2.43. The van der Waals surface area contributed by atoms with E-state index in [1.807, 2.05) is 6.92 Å². The lowest BCUT2D eigenvalue weighted by molar-refractivity contribution is 0.502. The van der Waals surface area contributed by atoms with Crippen molar-refractivity contribution >= 4 is 5.71 Å². The summed E-state index contributed by atoms with van der Waals surface area (Å²) in [7, 11) is 0. The van der Waals surface area contributed by atoms with Crippen molar-refractivity contribution in [3.05, 3.63) is 70.8 Å². The van der Waals surface area contributed by atoms with Gasteiger partial charge in [0.25, 0.3) is 0 Å². The van der Waals surface area contributed by atoms with Crippen LogP contribution in [0.1, 0.15) is 79.3 Å². The first-order valence-electron chi connectivity index (χ1n) is 11.0. The Morgan fingerprint density at radius 3 is 2.00 bits per heavy atom. The monoisotopic (exact) mass is 439 g/mol. The number of hydrogen-bond acceptors (Lipinski definition) is 2. The van der Waals surface area contributed by atoms with E-state index in [-0.39, 0.29) is 13.5 Å². The van der Waals surface area contributed by atoms with E-state index in [0.717, 1.165) is 43.0 Å². The minimum atomic E-state index is -0.805. The van der Waals surface area contributed by atoms with Gasteiger partial charge in [-0.3, -0.25) is 4.99 Å². The van der Waals surface area contributed by atoms with Gasteiger partial charge in [0, 0.05) is 25.2 Å². The van der Waals surface area contributed by atoms with Gasteiger partial charge in [-0.1, -0.05) is 33.4 Å². The summed E-state index contributed by atoms with van der Waals surface area (Å²) >= 11 is 0. The van der Waals surface area contributed by atoms with Gasteiger partial charge in [-0.15, -0.1) is 0 Å². The first kappa shape index (κ1) is 25.1. The molecule has 31 heavy (non-hydrogen) atoms. The van der Waals surface area contributed by atoms with Crippen molar-refractivity contribution in [3.8, 4) is 0 Å². The summed E-state index contributed by atoms with van der Waals surface area (Å²) < 4.78 is 57.3. The van der Waals surface area contributed by atoms with Gasteiger partial charge in [-0.2, -0.15) is 0 Å². The molecule has 2 aromatic carbocycles. The van der Waals surface area contributed by atoms with Crippen molar-refractivity contribution in [3.63, 3.8) is 0 Å². The van der Waals surface area contributed by atoms with Crippen LogP contribution in [0.25, 0.3) is 0 Å². The lowest BCUT2D eigenvalue weighted by Gasteiger charge is -2.12. The fourth-order valence-electron chi connectivity index (χ4n) is 3.55. The van der Waals surface area contributed by atoms with E-state index in [0.29, 0.717) is 24.5 Å². The van der Waals surface area contributed by atoms with E-state index >= 15 is 0 Å². The van der Waals surface area contributed by atoms with Crippen LogP contribution in [0.5, 0.6) is 0 Å². The Morgan fingerprint density at radius 1 is 0.903 bits per heavy atom.